The fraction of sp³-hybridized carbons (Fsp3) is 0.286. The van der Waals surface area contributed by atoms with Crippen molar-refractivity contribution in [2.45, 2.75) is 24.9 Å². The number of carbonyl (C=O) groups excluding carboxylic acids is 1. The highest BCUT2D eigenvalue weighted by Crippen LogP contribution is 2.30. The van der Waals surface area contributed by atoms with Crippen molar-refractivity contribution in [3.63, 3.8) is 0 Å². The number of rotatable bonds is 5. The van der Waals surface area contributed by atoms with Gasteiger partial charge in [-0.1, -0.05) is 6.07 Å². The largest absolute Gasteiger partial charge is 0.416 e. The molecule has 0 radical (unpaired) electrons. The number of halogens is 3. The number of alkyl halides is 3. The monoisotopic (exact) mass is 376 g/mol. The van der Waals surface area contributed by atoms with Crippen LogP contribution in [0.1, 0.15) is 17.0 Å². The second kappa shape index (κ2) is 6.84. The number of aryl methyl sites for hydroxylation is 2. The molecule has 0 aliphatic heterocycles. The molecule has 0 saturated carbocycles. The van der Waals surface area contributed by atoms with Gasteiger partial charge in [-0.2, -0.15) is 18.3 Å². The Morgan fingerprint density at radius 2 is 1.96 bits per heavy atom. The summed E-state index contributed by atoms with van der Waals surface area (Å²) in [5.74, 6) is -0.804. The van der Waals surface area contributed by atoms with Gasteiger partial charge < -0.3 is 5.32 Å². The Balaban J connectivity index is 2.04. The van der Waals surface area contributed by atoms with E-state index in [1.54, 1.807) is 0 Å². The zero-order valence-electron chi connectivity index (χ0n) is 13.2. The fourth-order valence-corrected chi connectivity index (χ4v) is 3.50. The van der Waals surface area contributed by atoms with Gasteiger partial charge in [0.1, 0.15) is 4.90 Å². The lowest BCUT2D eigenvalue weighted by molar-refractivity contribution is -0.137. The quantitative estimate of drug-likeness (QED) is 0.742. The SMILES string of the molecule is Cc1n[nH]c(C)c1S(=O)(=O)NCC(=O)Nc1cccc(C(F)(F)F)c1. The number of amides is 1. The first-order chi connectivity index (χ1) is 11.5. The molecule has 0 unspecified atom stereocenters. The number of sulfonamides is 1. The number of carbonyl (C=O) groups is 1. The molecular weight excluding hydrogens is 361 g/mol. The zero-order valence-corrected chi connectivity index (χ0v) is 14.0. The van der Waals surface area contributed by atoms with E-state index in [0.717, 1.165) is 18.2 Å². The number of aromatic amines is 1. The van der Waals surface area contributed by atoms with Crippen molar-refractivity contribution >= 4 is 21.6 Å². The van der Waals surface area contributed by atoms with Crippen LogP contribution in [0.3, 0.4) is 0 Å². The molecule has 0 aliphatic rings. The molecule has 11 heteroatoms. The van der Waals surface area contributed by atoms with Crippen molar-refractivity contribution in [3.05, 3.63) is 41.2 Å². The van der Waals surface area contributed by atoms with E-state index in [-0.39, 0.29) is 16.3 Å². The summed E-state index contributed by atoms with van der Waals surface area (Å²) < 4.78 is 64.3. The Morgan fingerprint density at radius 3 is 2.52 bits per heavy atom. The second-order valence-corrected chi connectivity index (χ2v) is 6.92. The van der Waals surface area contributed by atoms with E-state index in [4.69, 9.17) is 0 Å². The molecule has 2 rings (SSSR count). The van der Waals surface area contributed by atoms with Crippen LogP contribution in [-0.4, -0.2) is 31.1 Å². The van der Waals surface area contributed by atoms with Gasteiger partial charge in [-0.25, -0.2) is 13.1 Å². The number of nitrogens with zero attached hydrogens (tertiary/aromatic N) is 1. The van der Waals surface area contributed by atoms with Crippen molar-refractivity contribution in [3.8, 4) is 0 Å². The first-order valence-electron chi connectivity index (χ1n) is 6.99. The maximum absolute atomic E-state index is 12.6. The Labute approximate surface area is 141 Å². The van der Waals surface area contributed by atoms with Crippen LogP contribution in [-0.2, 0) is 21.0 Å². The standard InChI is InChI=1S/C14H15F3N4O3S/c1-8-13(9(2)21-20-8)25(23,24)18-7-12(22)19-11-5-3-4-10(6-11)14(15,16)17/h3-6,18H,7H2,1-2H3,(H,19,22)(H,20,21). The van der Waals surface area contributed by atoms with Crippen LogP contribution < -0.4 is 10.0 Å². The summed E-state index contributed by atoms with van der Waals surface area (Å²) >= 11 is 0. The maximum Gasteiger partial charge on any atom is 0.416 e. The topological polar surface area (TPSA) is 104 Å². The van der Waals surface area contributed by atoms with E-state index in [1.807, 2.05) is 0 Å². The van der Waals surface area contributed by atoms with Crippen molar-refractivity contribution in [2.24, 2.45) is 0 Å². The van der Waals surface area contributed by atoms with Gasteiger partial charge in [0.05, 0.1) is 23.5 Å². The highest BCUT2D eigenvalue weighted by atomic mass is 32.2. The van der Waals surface area contributed by atoms with Gasteiger partial charge in [-0.15, -0.1) is 0 Å². The molecule has 1 heterocycles. The molecular formula is C14H15F3N4O3S. The van der Waals surface area contributed by atoms with Gasteiger partial charge in [0.15, 0.2) is 0 Å². The van der Waals surface area contributed by atoms with E-state index < -0.39 is 34.2 Å². The number of anilines is 1. The van der Waals surface area contributed by atoms with Gasteiger partial charge in [-0.05, 0) is 32.0 Å². The lowest BCUT2D eigenvalue weighted by Crippen LogP contribution is -2.33. The Hall–Kier alpha value is -2.40. The summed E-state index contributed by atoms with van der Waals surface area (Å²) in [5, 5.41) is 8.49. The average Bonchev–Trinajstić information content (AvgIpc) is 2.84. The maximum atomic E-state index is 12.6. The predicted octanol–water partition coefficient (Wildman–Crippen LogP) is 1.96. The van der Waals surface area contributed by atoms with Crippen LogP contribution in [0.2, 0.25) is 0 Å². The number of H-pyrrole nitrogens is 1. The van der Waals surface area contributed by atoms with Gasteiger partial charge in [0.2, 0.25) is 15.9 Å². The van der Waals surface area contributed by atoms with Crippen LogP contribution in [0.25, 0.3) is 0 Å². The van der Waals surface area contributed by atoms with Gasteiger partial charge in [0, 0.05) is 5.69 Å². The lowest BCUT2D eigenvalue weighted by atomic mass is 10.2. The molecule has 0 saturated heterocycles. The van der Waals surface area contributed by atoms with E-state index in [1.165, 1.54) is 19.9 Å². The minimum absolute atomic E-state index is 0.0700. The molecule has 2 aromatic rings. The number of hydrogen-bond donors (Lipinski definition) is 3. The van der Waals surface area contributed by atoms with Crippen LogP contribution >= 0.6 is 0 Å². The van der Waals surface area contributed by atoms with E-state index in [2.05, 4.69) is 20.2 Å². The summed E-state index contributed by atoms with van der Waals surface area (Å²) in [6.45, 7) is 2.36. The van der Waals surface area contributed by atoms with Crippen molar-refractivity contribution in [1.82, 2.24) is 14.9 Å². The molecule has 1 aromatic heterocycles. The molecule has 1 aromatic carbocycles. The Morgan fingerprint density at radius 1 is 1.28 bits per heavy atom. The fourth-order valence-electron chi connectivity index (χ4n) is 2.15. The number of hydrogen-bond acceptors (Lipinski definition) is 4. The highest BCUT2D eigenvalue weighted by Gasteiger charge is 2.30. The van der Waals surface area contributed by atoms with E-state index in [0.29, 0.717) is 5.69 Å². The molecule has 136 valence electrons. The molecule has 0 fully saturated rings. The van der Waals surface area contributed by atoms with Crippen LogP contribution in [0, 0.1) is 13.8 Å². The molecule has 7 nitrogen and oxygen atoms in total. The van der Waals surface area contributed by atoms with Gasteiger partial charge in [0.25, 0.3) is 0 Å². The molecule has 0 spiro atoms. The Bertz CT molecular complexity index is 871. The normalized spacial score (nSPS) is 12.2. The molecule has 1 amide bonds. The third-order valence-corrected chi connectivity index (χ3v) is 4.89. The van der Waals surface area contributed by atoms with Crippen molar-refractivity contribution < 1.29 is 26.4 Å². The van der Waals surface area contributed by atoms with Gasteiger partial charge >= 0.3 is 6.18 Å². The number of aromatic nitrogens is 2. The molecule has 3 N–H and O–H groups in total. The molecule has 0 atom stereocenters. The summed E-state index contributed by atoms with van der Waals surface area (Å²) in [6, 6.07) is 4.03. The smallest absolute Gasteiger partial charge is 0.325 e. The average molecular weight is 376 g/mol. The van der Waals surface area contributed by atoms with E-state index >= 15 is 0 Å². The first kappa shape index (κ1) is 18.9. The molecule has 0 bridgehead atoms. The number of benzene rings is 1. The van der Waals surface area contributed by atoms with Crippen molar-refractivity contribution in [1.29, 1.82) is 0 Å². The molecule has 0 aliphatic carbocycles. The minimum atomic E-state index is -4.54. The summed E-state index contributed by atoms with van der Waals surface area (Å²) in [6.07, 6.45) is -4.54. The number of nitrogens with one attached hydrogen (secondary N) is 3. The molecule has 25 heavy (non-hydrogen) atoms. The van der Waals surface area contributed by atoms with Crippen LogP contribution in [0.5, 0.6) is 0 Å². The van der Waals surface area contributed by atoms with Crippen LogP contribution in [0.4, 0.5) is 18.9 Å². The van der Waals surface area contributed by atoms with Crippen molar-refractivity contribution in [2.75, 3.05) is 11.9 Å². The Kier molecular flexibility index (Phi) is 5.18. The summed E-state index contributed by atoms with van der Waals surface area (Å²) in [4.78, 5) is 11.7. The first-order valence-corrected chi connectivity index (χ1v) is 8.47. The third kappa shape index (κ3) is 4.57. The zero-order chi connectivity index (χ0) is 18.8. The second-order valence-electron chi connectivity index (χ2n) is 5.21. The lowest BCUT2D eigenvalue weighted by Gasteiger charge is -2.10. The highest BCUT2D eigenvalue weighted by molar-refractivity contribution is 7.89. The summed E-state index contributed by atoms with van der Waals surface area (Å²) in [5.41, 5.74) is -0.461. The summed E-state index contributed by atoms with van der Waals surface area (Å²) in [7, 11) is -3.98. The van der Waals surface area contributed by atoms with E-state index in [9.17, 15) is 26.4 Å². The van der Waals surface area contributed by atoms with Crippen LogP contribution in [0.15, 0.2) is 29.2 Å². The predicted molar refractivity (Wildman–Crippen MR) is 83.3 cm³/mol. The third-order valence-electron chi connectivity index (χ3n) is 3.23. The van der Waals surface area contributed by atoms with Gasteiger partial charge in [-0.3, -0.25) is 9.89 Å². The minimum Gasteiger partial charge on any atom is -0.325 e.